The topological polar surface area (TPSA) is 24.9 Å². The highest BCUT2D eigenvalue weighted by Gasteiger charge is 2.39. The standard InChI is InChI=1S/C13H20N2S/c1-9(13-7-14-8-16-13)15-6-12-5-10-2-3-11(12)4-10/h7-12,15H,2-6H2,1H3. The van der Waals surface area contributed by atoms with Gasteiger partial charge in [-0.1, -0.05) is 6.42 Å². The van der Waals surface area contributed by atoms with Gasteiger partial charge < -0.3 is 5.32 Å². The van der Waals surface area contributed by atoms with Crippen LogP contribution in [0.5, 0.6) is 0 Å². The highest BCUT2D eigenvalue weighted by molar-refractivity contribution is 7.09. The second-order valence-electron chi connectivity index (χ2n) is 5.47. The highest BCUT2D eigenvalue weighted by atomic mass is 32.1. The predicted octanol–water partition coefficient (Wildman–Crippen LogP) is 3.23. The maximum atomic E-state index is 4.14. The summed E-state index contributed by atoms with van der Waals surface area (Å²) in [5.74, 6) is 3.05. The van der Waals surface area contributed by atoms with Crippen LogP contribution in [0.4, 0.5) is 0 Å². The Labute approximate surface area is 101 Å². The van der Waals surface area contributed by atoms with Crippen LogP contribution in [0.25, 0.3) is 0 Å². The molecule has 88 valence electrons. The zero-order chi connectivity index (χ0) is 11.0. The van der Waals surface area contributed by atoms with Gasteiger partial charge in [-0.3, -0.25) is 4.98 Å². The fraction of sp³-hybridized carbons (Fsp3) is 0.769. The van der Waals surface area contributed by atoms with Crippen LogP contribution in [0, 0.1) is 17.8 Å². The number of nitrogens with zero attached hydrogens (tertiary/aromatic N) is 1. The largest absolute Gasteiger partial charge is 0.309 e. The molecule has 2 aliphatic carbocycles. The minimum absolute atomic E-state index is 0.478. The summed E-state index contributed by atoms with van der Waals surface area (Å²) in [4.78, 5) is 5.50. The van der Waals surface area contributed by atoms with E-state index in [1.165, 1.54) is 37.1 Å². The quantitative estimate of drug-likeness (QED) is 0.868. The summed E-state index contributed by atoms with van der Waals surface area (Å²) in [5, 5.41) is 3.68. The van der Waals surface area contributed by atoms with Crippen molar-refractivity contribution in [2.45, 2.75) is 38.6 Å². The Morgan fingerprint density at radius 1 is 1.50 bits per heavy atom. The summed E-state index contributed by atoms with van der Waals surface area (Å²) in [6.45, 7) is 3.46. The average Bonchev–Trinajstić information content (AvgIpc) is 3.01. The molecule has 1 aromatic rings. The molecule has 2 nitrogen and oxygen atoms in total. The van der Waals surface area contributed by atoms with Gasteiger partial charge in [0.2, 0.25) is 0 Å². The molecule has 1 aromatic heterocycles. The third kappa shape index (κ3) is 2.03. The molecule has 0 aromatic carbocycles. The lowest BCUT2D eigenvalue weighted by atomic mass is 9.89. The smallest absolute Gasteiger partial charge is 0.0794 e. The van der Waals surface area contributed by atoms with Crippen LogP contribution in [0.15, 0.2) is 11.7 Å². The maximum Gasteiger partial charge on any atom is 0.0794 e. The number of hydrogen-bond donors (Lipinski definition) is 1. The van der Waals surface area contributed by atoms with Gasteiger partial charge in [0, 0.05) is 17.1 Å². The lowest BCUT2D eigenvalue weighted by molar-refractivity contribution is 0.310. The molecule has 4 unspecified atom stereocenters. The van der Waals surface area contributed by atoms with Crippen LogP contribution in [0.3, 0.4) is 0 Å². The van der Waals surface area contributed by atoms with Crippen molar-refractivity contribution in [3.63, 3.8) is 0 Å². The van der Waals surface area contributed by atoms with Crippen LogP contribution in [-0.4, -0.2) is 11.5 Å². The SMILES string of the molecule is CC(NCC1CC2CCC1C2)c1cncs1. The van der Waals surface area contributed by atoms with Crippen molar-refractivity contribution < 1.29 is 0 Å². The lowest BCUT2D eigenvalue weighted by Crippen LogP contribution is -2.28. The number of rotatable bonds is 4. The molecule has 0 saturated heterocycles. The minimum atomic E-state index is 0.478. The molecule has 3 rings (SSSR count). The Bertz CT molecular complexity index is 336. The van der Waals surface area contributed by atoms with E-state index in [9.17, 15) is 0 Å². The fourth-order valence-electron chi connectivity index (χ4n) is 3.49. The van der Waals surface area contributed by atoms with Gasteiger partial charge in [-0.15, -0.1) is 11.3 Å². The number of fused-ring (bicyclic) bond motifs is 2. The first-order chi connectivity index (χ1) is 7.83. The highest BCUT2D eigenvalue weighted by Crippen LogP contribution is 2.48. The summed E-state index contributed by atoms with van der Waals surface area (Å²) in [7, 11) is 0. The summed E-state index contributed by atoms with van der Waals surface area (Å²) < 4.78 is 0. The summed E-state index contributed by atoms with van der Waals surface area (Å²) in [6.07, 6.45) is 7.98. The molecule has 0 radical (unpaired) electrons. The first-order valence-electron chi connectivity index (χ1n) is 6.44. The van der Waals surface area contributed by atoms with Gasteiger partial charge in [0.1, 0.15) is 0 Å². The van der Waals surface area contributed by atoms with Crippen molar-refractivity contribution in [2.75, 3.05) is 6.54 Å². The Balaban J connectivity index is 1.50. The summed E-state index contributed by atoms with van der Waals surface area (Å²) in [6, 6.07) is 0.478. The van der Waals surface area contributed by atoms with E-state index in [0.29, 0.717) is 6.04 Å². The normalized spacial score (nSPS) is 34.4. The molecule has 2 fully saturated rings. The zero-order valence-electron chi connectivity index (χ0n) is 9.86. The molecule has 3 heteroatoms. The van der Waals surface area contributed by atoms with Crippen molar-refractivity contribution in [1.82, 2.24) is 10.3 Å². The second kappa shape index (κ2) is 4.46. The zero-order valence-corrected chi connectivity index (χ0v) is 10.7. The average molecular weight is 236 g/mol. The Morgan fingerprint density at radius 3 is 3.06 bits per heavy atom. The second-order valence-corrected chi connectivity index (χ2v) is 6.39. The van der Waals surface area contributed by atoms with Gasteiger partial charge in [0.15, 0.2) is 0 Å². The molecule has 0 amide bonds. The molecule has 2 aliphatic rings. The van der Waals surface area contributed by atoms with Crippen LogP contribution in [-0.2, 0) is 0 Å². The first kappa shape index (κ1) is 10.7. The fourth-order valence-corrected chi connectivity index (χ4v) is 4.15. The molecule has 0 aliphatic heterocycles. The molecule has 16 heavy (non-hydrogen) atoms. The van der Waals surface area contributed by atoms with Crippen molar-refractivity contribution in [3.05, 3.63) is 16.6 Å². The number of hydrogen-bond acceptors (Lipinski definition) is 3. The van der Waals surface area contributed by atoms with E-state index >= 15 is 0 Å². The van der Waals surface area contributed by atoms with Gasteiger partial charge in [-0.05, 0) is 50.5 Å². The Kier molecular flexibility index (Phi) is 2.99. The molecule has 2 saturated carbocycles. The van der Waals surface area contributed by atoms with Crippen LogP contribution in [0.1, 0.15) is 43.5 Å². The van der Waals surface area contributed by atoms with E-state index in [1.54, 1.807) is 11.3 Å². The van der Waals surface area contributed by atoms with E-state index in [-0.39, 0.29) is 0 Å². The molecular formula is C13H20N2S. The number of aromatic nitrogens is 1. The van der Waals surface area contributed by atoms with E-state index in [0.717, 1.165) is 17.8 Å². The maximum absolute atomic E-state index is 4.14. The lowest BCUT2D eigenvalue weighted by Gasteiger charge is -2.23. The van der Waals surface area contributed by atoms with Crippen molar-refractivity contribution >= 4 is 11.3 Å². The first-order valence-corrected chi connectivity index (χ1v) is 7.32. The van der Waals surface area contributed by atoms with E-state index in [1.807, 2.05) is 11.7 Å². The van der Waals surface area contributed by atoms with Crippen molar-refractivity contribution in [3.8, 4) is 0 Å². The van der Waals surface area contributed by atoms with Crippen LogP contribution < -0.4 is 5.32 Å². The molecule has 2 bridgehead atoms. The summed E-state index contributed by atoms with van der Waals surface area (Å²) in [5.41, 5.74) is 1.92. The predicted molar refractivity (Wildman–Crippen MR) is 67.5 cm³/mol. The van der Waals surface area contributed by atoms with Gasteiger partial charge in [-0.25, -0.2) is 0 Å². The molecule has 1 heterocycles. The van der Waals surface area contributed by atoms with Gasteiger partial charge in [-0.2, -0.15) is 0 Å². The Hall–Kier alpha value is -0.410. The molecular weight excluding hydrogens is 216 g/mol. The monoisotopic (exact) mass is 236 g/mol. The van der Waals surface area contributed by atoms with E-state index < -0.39 is 0 Å². The van der Waals surface area contributed by atoms with Gasteiger partial charge >= 0.3 is 0 Å². The minimum Gasteiger partial charge on any atom is -0.309 e. The third-order valence-corrected chi connectivity index (χ3v) is 5.41. The third-order valence-electron chi connectivity index (χ3n) is 4.45. The summed E-state index contributed by atoms with van der Waals surface area (Å²) >= 11 is 1.76. The van der Waals surface area contributed by atoms with Crippen LogP contribution in [0.2, 0.25) is 0 Å². The molecule has 4 atom stereocenters. The number of nitrogens with one attached hydrogen (secondary N) is 1. The number of thiazole rings is 1. The van der Waals surface area contributed by atoms with Crippen molar-refractivity contribution in [1.29, 1.82) is 0 Å². The Morgan fingerprint density at radius 2 is 2.44 bits per heavy atom. The van der Waals surface area contributed by atoms with Gasteiger partial charge in [0.25, 0.3) is 0 Å². The van der Waals surface area contributed by atoms with E-state index in [2.05, 4.69) is 17.2 Å². The van der Waals surface area contributed by atoms with Crippen molar-refractivity contribution in [2.24, 2.45) is 17.8 Å². The van der Waals surface area contributed by atoms with E-state index in [4.69, 9.17) is 0 Å². The van der Waals surface area contributed by atoms with Gasteiger partial charge in [0.05, 0.1) is 5.51 Å². The molecule has 0 spiro atoms. The van der Waals surface area contributed by atoms with Crippen LogP contribution >= 0.6 is 11.3 Å². The molecule has 1 N–H and O–H groups in total.